The fourth-order valence-electron chi connectivity index (χ4n) is 5.92. The lowest BCUT2D eigenvalue weighted by molar-refractivity contribution is -0.145. The van der Waals surface area contributed by atoms with E-state index in [0.29, 0.717) is 6.54 Å². The highest BCUT2D eigenvalue weighted by molar-refractivity contribution is 5.95. The topological polar surface area (TPSA) is 60.9 Å². The predicted molar refractivity (Wildman–Crippen MR) is 154 cm³/mol. The number of carboxylic acid groups (broad SMARTS) is 1. The van der Waals surface area contributed by atoms with Crippen LogP contribution in [0.5, 0.6) is 0 Å². The van der Waals surface area contributed by atoms with E-state index in [-0.39, 0.29) is 23.7 Å². The molecule has 0 spiro atoms. The van der Waals surface area contributed by atoms with Crippen molar-refractivity contribution in [3.05, 3.63) is 83.9 Å². The summed E-state index contributed by atoms with van der Waals surface area (Å²) in [6.07, 6.45) is 6.91. The van der Waals surface area contributed by atoms with Crippen molar-refractivity contribution in [1.82, 2.24) is 0 Å². The van der Waals surface area contributed by atoms with E-state index in [9.17, 15) is 14.7 Å². The lowest BCUT2D eigenvalue weighted by Crippen LogP contribution is -2.37. The molecule has 3 aromatic carbocycles. The van der Waals surface area contributed by atoms with E-state index in [1.807, 2.05) is 37.2 Å². The zero-order valence-electron chi connectivity index (χ0n) is 22.5. The van der Waals surface area contributed by atoms with E-state index in [1.165, 1.54) is 17.7 Å². The summed E-state index contributed by atoms with van der Waals surface area (Å²) < 4.78 is 0. The lowest BCUT2D eigenvalue weighted by atomic mass is 9.70. The van der Waals surface area contributed by atoms with Crippen LogP contribution in [-0.4, -0.2) is 31.1 Å². The van der Waals surface area contributed by atoms with Gasteiger partial charge in [-0.1, -0.05) is 67.8 Å². The zero-order chi connectivity index (χ0) is 26.6. The molecule has 0 radical (unpaired) electrons. The highest BCUT2D eigenvalue weighted by Crippen LogP contribution is 2.43. The summed E-state index contributed by atoms with van der Waals surface area (Å²) in [5.74, 6) is -0.784. The van der Waals surface area contributed by atoms with Crippen molar-refractivity contribution in [3.8, 4) is 11.1 Å². The molecule has 0 aliphatic heterocycles. The standard InChI is InChI=1S/C33H38N2O3/c1-34(2)28-17-15-25(16-18-28)24-13-11-23(12-14-24)22-35(32(36)26-7-4-3-5-8-26)29-10-6-9-27(21-29)30-19-20-31(30)33(37)38/h6,9-18,21,26,30-31H,3-5,7-8,19-20,22H2,1-2H3,(H,37,38). The van der Waals surface area contributed by atoms with Gasteiger partial charge in [0.25, 0.3) is 0 Å². The summed E-state index contributed by atoms with van der Waals surface area (Å²) in [5.41, 5.74) is 6.47. The molecule has 38 heavy (non-hydrogen) atoms. The number of rotatable bonds is 8. The van der Waals surface area contributed by atoms with Crippen molar-refractivity contribution >= 4 is 23.3 Å². The van der Waals surface area contributed by atoms with E-state index < -0.39 is 5.97 Å². The molecule has 2 saturated carbocycles. The minimum Gasteiger partial charge on any atom is -0.481 e. The van der Waals surface area contributed by atoms with Crippen molar-refractivity contribution in [2.24, 2.45) is 11.8 Å². The normalized spacial score (nSPS) is 19.4. The molecule has 1 N–H and O–H groups in total. The molecule has 1 amide bonds. The number of carbonyl (C=O) groups is 2. The van der Waals surface area contributed by atoms with E-state index in [4.69, 9.17) is 0 Å². The molecule has 5 nitrogen and oxygen atoms in total. The summed E-state index contributed by atoms with van der Waals surface area (Å²) in [4.78, 5) is 29.5. The number of carboxylic acids is 1. The van der Waals surface area contributed by atoms with Gasteiger partial charge >= 0.3 is 5.97 Å². The van der Waals surface area contributed by atoms with Crippen LogP contribution in [0.4, 0.5) is 11.4 Å². The van der Waals surface area contributed by atoms with Crippen LogP contribution in [0.2, 0.25) is 0 Å². The summed E-state index contributed by atoms with van der Waals surface area (Å²) in [5, 5.41) is 9.57. The Morgan fingerprint density at radius 3 is 2.03 bits per heavy atom. The van der Waals surface area contributed by atoms with Gasteiger partial charge in [-0.15, -0.1) is 0 Å². The molecule has 5 heteroatoms. The summed E-state index contributed by atoms with van der Waals surface area (Å²) in [7, 11) is 4.08. The maximum Gasteiger partial charge on any atom is 0.307 e. The Bertz CT molecular complexity index is 1260. The van der Waals surface area contributed by atoms with Crippen LogP contribution in [-0.2, 0) is 16.1 Å². The van der Waals surface area contributed by atoms with Crippen LogP contribution >= 0.6 is 0 Å². The Hall–Kier alpha value is -3.60. The smallest absolute Gasteiger partial charge is 0.307 e. The van der Waals surface area contributed by atoms with Gasteiger partial charge in [0.2, 0.25) is 5.91 Å². The molecule has 2 fully saturated rings. The monoisotopic (exact) mass is 510 g/mol. The summed E-state index contributed by atoms with van der Waals surface area (Å²) in [6.45, 7) is 0.506. The maximum atomic E-state index is 13.8. The average molecular weight is 511 g/mol. The second-order valence-corrected chi connectivity index (χ2v) is 11.1. The molecule has 198 valence electrons. The van der Waals surface area contributed by atoms with Gasteiger partial charge in [-0.2, -0.15) is 0 Å². The number of nitrogens with zero attached hydrogens (tertiary/aromatic N) is 2. The molecule has 0 bridgehead atoms. The molecule has 2 aliphatic rings. The molecule has 2 unspecified atom stereocenters. The first kappa shape index (κ1) is 26.0. The van der Waals surface area contributed by atoms with Gasteiger partial charge in [-0.05, 0) is 78.1 Å². The van der Waals surface area contributed by atoms with Crippen molar-refractivity contribution in [2.75, 3.05) is 23.9 Å². The predicted octanol–water partition coefficient (Wildman–Crippen LogP) is 7.11. The number of amides is 1. The summed E-state index contributed by atoms with van der Waals surface area (Å²) in [6, 6.07) is 25.1. The first-order valence-electron chi connectivity index (χ1n) is 13.9. The third kappa shape index (κ3) is 5.62. The number of carbonyl (C=O) groups excluding carboxylic acids is 1. The number of aliphatic carboxylic acids is 1. The van der Waals surface area contributed by atoms with Crippen molar-refractivity contribution in [1.29, 1.82) is 0 Å². The van der Waals surface area contributed by atoms with E-state index in [2.05, 4.69) is 59.5 Å². The molecule has 0 saturated heterocycles. The van der Waals surface area contributed by atoms with E-state index in [0.717, 1.165) is 60.9 Å². The Balaban J connectivity index is 1.39. The number of hydrogen-bond acceptors (Lipinski definition) is 3. The molecule has 0 aromatic heterocycles. The largest absolute Gasteiger partial charge is 0.481 e. The third-order valence-corrected chi connectivity index (χ3v) is 8.43. The van der Waals surface area contributed by atoms with Crippen LogP contribution in [0.1, 0.15) is 62.0 Å². The van der Waals surface area contributed by atoms with Crippen LogP contribution < -0.4 is 9.80 Å². The summed E-state index contributed by atoms with van der Waals surface area (Å²) >= 11 is 0. The van der Waals surface area contributed by atoms with Gasteiger partial charge < -0.3 is 14.9 Å². The highest BCUT2D eigenvalue weighted by atomic mass is 16.4. The molecule has 2 atom stereocenters. The van der Waals surface area contributed by atoms with Gasteiger partial charge in [-0.25, -0.2) is 0 Å². The van der Waals surface area contributed by atoms with Gasteiger partial charge in [0, 0.05) is 31.4 Å². The van der Waals surface area contributed by atoms with Crippen molar-refractivity contribution < 1.29 is 14.7 Å². The number of hydrogen-bond donors (Lipinski definition) is 1. The van der Waals surface area contributed by atoms with Crippen molar-refractivity contribution in [3.63, 3.8) is 0 Å². The lowest BCUT2D eigenvalue weighted by Gasteiger charge is -2.35. The minimum absolute atomic E-state index is 0.0252. The second kappa shape index (κ2) is 11.4. The van der Waals surface area contributed by atoms with Crippen LogP contribution in [0, 0.1) is 11.8 Å². The van der Waals surface area contributed by atoms with E-state index in [1.54, 1.807) is 0 Å². The quantitative estimate of drug-likeness (QED) is 0.351. The van der Waals surface area contributed by atoms with Crippen LogP contribution in [0.3, 0.4) is 0 Å². The fourth-order valence-corrected chi connectivity index (χ4v) is 5.92. The Morgan fingerprint density at radius 1 is 0.789 bits per heavy atom. The fraction of sp³-hybridized carbons (Fsp3) is 0.394. The van der Waals surface area contributed by atoms with Gasteiger partial charge in [-0.3, -0.25) is 9.59 Å². The molecule has 2 aliphatic carbocycles. The number of anilines is 2. The second-order valence-electron chi connectivity index (χ2n) is 11.1. The molecule has 0 heterocycles. The molecular formula is C33H38N2O3. The Kier molecular flexibility index (Phi) is 7.82. The highest BCUT2D eigenvalue weighted by Gasteiger charge is 2.38. The van der Waals surface area contributed by atoms with Crippen LogP contribution in [0.15, 0.2) is 72.8 Å². The van der Waals surface area contributed by atoms with Gasteiger partial charge in [0.05, 0.1) is 12.5 Å². The van der Waals surface area contributed by atoms with Crippen LogP contribution in [0.25, 0.3) is 11.1 Å². The van der Waals surface area contributed by atoms with Crippen molar-refractivity contribution in [2.45, 2.75) is 57.4 Å². The maximum absolute atomic E-state index is 13.8. The zero-order valence-corrected chi connectivity index (χ0v) is 22.5. The first-order chi connectivity index (χ1) is 18.4. The van der Waals surface area contributed by atoms with Gasteiger partial charge in [0.15, 0.2) is 0 Å². The van der Waals surface area contributed by atoms with Gasteiger partial charge in [0.1, 0.15) is 0 Å². The first-order valence-corrected chi connectivity index (χ1v) is 13.9. The Labute approximate surface area is 226 Å². The molecule has 3 aromatic rings. The molecule has 5 rings (SSSR count). The third-order valence-electron chi connectivity index (χ3n) is 8.43. The Morgan fingerprint density at radius 2 is 1.45 bits per heavy atom. The average Bonchev–Trinajstić information content (AvgIpc) is 2.91. The van der Waals surface area contributed by atoms with E-state index >= 15 is 0 Å². The number of benzene rings is 3. The SMILES string of the molecule is CN(C)c1ccc(-c2ccc(CN(C(=O)C3CCCCC3)c3cccc(C4CCC4C(=O)O)c3)cc2)cc1. The molecular weight excluding hydrogens is 472 g/mol. The minimum atomic E-state index is -0.724.